The van der Waals surface area contributed by atoms with Gasteiger partial charge in [0.1, 0.15) is 5.82 Å². The lowest BCUT2D eigenvalue weighted by molar-refractivity contribution is 0.200. The van der Waals surface area contributed by atoms with E-state index >= 15 is 0 Å². The average molecular weight is 236 g/mol. The van der Waals surface area contributed by atoms with Gasteiger partial charge in [0.25, 0.3) is 0 Å². The van der Waals surface area contributed by atoms with Crippen molar-refractivity contribution in [1.82, 2.24) is 4.90 Å². The van der Waals surface area contributed by atoms with Crippen LogP contribution in [0.15, 0.2) is 24.3 Å². The molecule has 3 heteroatoms. The topological polar surface area (TPSA) is 29.3 Å². The summed E-state index contributed by atoms with van der Waals surface area (Å²) in [5, 5.41) is 0. The molecule has 0 radical (unpaired) electrons. The predicted octanol–water partition coefficient (Wildman–Crippen LogP) is 2.35. The molecule has 1 aliphatic rings. The third kappa shape index (κ3) is 3.51. The number of piperidine rings is 1. The van der Waals surface area contributed by atoms with E-state index in [0.29, 0.717) is 12.0 Å². The Morgan fingerprint density at radius 2 is 2.12 bits per heavy atom. The van der Waals surface area contributed by atoms with E-state index in [2.05, 4.69) is 11.8 Å². The van der Waals surface area contributed by atoms with Gasteiger partial charge in [-0.1, -0.05) is 19.1 Å². The first-order chi connectivity index (χ1) is 8.15. The first-order valence-electron chi connectivity index (χ1n) is 6.38. The molecule has 1 fully saturated rings. The summed E-state index contributed by atoms with van der Waals surface area (Å²) < 4.78 is 12.8. The zero-order valence-corrected chi connectivity index (χ0v) is 10.4. The second-order valence-corrected chi connectivity index (χ2v) is 5.11. The first kappa shape index (κ1) is 12.5. The van der Waals surface area contributed by atoms with E-state index in [1.54, 1.807) is 0 Å². The van der Waals surface area contributed by atoms with Crippen LogP contribution in [0, 0.1) is 5.82 Å². The lowest BCUT2D eigenvalue weighted by Gasteiger charge is -2.32. The van der Waals surface area contributed by atoms with E-state index in [9.17, 15) is 4.39 Å². The number of nitrogens with zero attached hydrogens (tertiary/aromatic N) is 1. The Balaban J connectivity index is 1.91. The predicted molar refractivity (Wildman–Crippen MR) is 68.5 cm³/mol. The van der Waals surface area contributed by atoms with Gasteiger partial charge in [-0.15, -0.1) is 0 Å². The van der Waals surface area contributed by atoms with E-state index < -0.39 is 0 Å². The summed E-state index contributed by atoms with van der Waals surface area (Å²) >= 11 is 0. The fourth-order valence-corrected chi connectivity index (χ4v) is 2.54. The maximum Gasteiger partial charge on any atom is 0.123 e. The summed E-state index contributed by atoms with van der Waals surface area (Å²) in [5.41, 5.74) is 7.17. The molecule has 94 valence electrons. The Kier molecular flexibility index (Phi) is 4.13. The van der Waals surface area contributed by atoms with Crippen molar-refractivity contribution in [3.8, 4) is 0 Å². The van der Waals surface area contributed by atoms with E-state index in [4.69, 9.17) is 5.73 Å². The number of rotatable bonds is 3. The third-order valence-corrected chi connectivity index (χ3v) is 3.51. The molecule has 1 aromatic carbocycles. The second kappa shape index (κ2) is 5.61. The number of halogens is 1. The molecule has 17 heavy (non-hydrogen) atoms. The van der Waals surface area contributed by atoms with Crippen LogP contribution < -0.4 is 5.73 Å². The van der Waals surface area contributed by atoms with Crippen molar-refractivity contribution >= 4 is 0 Å². The van der Waals surface area contributed by atoms with Crippen LogP contribution in [-0.2, 0) is 0 Å². The van der Waals surface area contributed by atoms with Crippen LogP contribution in [0.25, 0.3) is 0 Å². The molecular weight excluding hydrogens is 215 g/mol. The molecule has 1 aromatic rings. The zero-order valence-electron chi connectivity index (χ0n) is 10.4. The molecule has 2 nitrogen and oxygen atoms in total. The summed E-state index contributed by atoms with van der Waals surface area (Å²) in [7, 11) is 0. The van der Waals surface area contributed by atoms with Crippen molar-refractivity contribution in [1.29, 1.82) is 0 Å². The van der Waals surface area contributed by atoms with E-state index in [1.165, 1.54) is 24.1 Å². The van der Waals surface area contributed by atoms with Gasteiger partial charge in [-0.2, -0.15) is 0 Å². The standard InChI is InChI=1S/C14H21FN2/c1-11(12-4-6-13(15)7-5-12)9-17-8-2-3-14(16)10-17/h4-7,11,14H,2-3,8-10,16H2,1H3. The molecular formula is C14H21FN2. The number of benzene rings is 1. The van der Waals surface area contributed by atoms with Crippen molar-refractivity contribution in [2.75, 3.05) is 19.6 Å². The van der Waals surface area contributed by atoms with Crippen LogP contribution in [0.1, 0.15) is 31.2 Å². The SMILES string of the molecule is CC(CN1CCCC(N)C1)c1ccc(F)cc1. The Hall–Kier alpha value is -0.930. The third-order valence-electron chi connectivity index (χ3n) is 3.51. The minimum Gasteiger partial charge on any atom is -0.327 e. The van der Waals surface area contributed by atoms with Gasteiger partial charge in [0, 0.05) is 19.1 Å². The smallest absolute Gasteiger partial charge is 0.123 e. The van der Waals surface area contributed by atoms with Crippen LogP contribution >= 0.6 is 0 Å². The van der Waals surface area contributed by atoms with Crippen LogP contribution in [-0.4, -0.2) is 30.6 Å². The summed E-state index contributed by atoms with van der Waals surface area (Å²) in [6.45, 7) is 5.33. The number of hydrogen-bond donors (Lipinski definition) is 1. The molecule has 0 bridgehead atoms. The quantitative estimate of drug-likeness (QED) is 0.873. The molecule has 2 N–H and O–H groups in total. The van der Waals surface area contributed by atoms with Crippen LogP contribution in [0.4, 0.5) is 4.39 Å². The van der Waals surface area contributed by atoms with Crippen LogP contribution in [0.3, 0.4) is 0 Å². The van der Waals surface area contributed by atoms with Crippen molar-refractivity contribution in [3.05, 3.63) is 35.6 Å². The van der Waals surface area contributed by atoms with E-state index in [0.717, 1.165) is 26.1 Å². The normalized spacial score (nSPS) is 23.6. The lowest BCUT2D eigenvalue weighted by Crippen LogP contribution is -2.44. The molecule has 1 aliphatic heterocycles. The molecule has 2 unspecified atom stereocenters. The highest BCUT2D eigenvalue weighted by molar-refractivity contribution is 5.20. The number of likely N-dealkylation sites (tertiary alicyclic amines) is 1. The van der Waals surface area contributed by atoms with Crippen molar-refractivity contribution < 1.29 is 4.39 Å². The van der Waals surface area contributed by atoms with Crippen LogP contribution in [0.5, 0.6) is 0 Å². The van der Waals surface area contributed by atoms with Gasteiger partial charge < -0.3 is 10.6 Å². The summed E-state index contributed by atoms with van der Waals surface area (Å²) in [6.07, 6.45) is 2.33. The van der Waals surface area contributed by atoms with Gasteiger partial charge in [-0.3, -0.25) is 0 Å². The molecule has 2 atom stereocenters. The van der Waals surface area contributed by atoms with E-state index in [-0.39, 0.29) is 5.82 Å². The Morgan fingerprint density at radius 3 is 2.76 bits per heavy atom. The second-order valence-electron chi connectivity index (χ2n) is 5.11. The fourth-order valence-electron chi connectivity index (χ4n) is 2.54. The summed E-state index contributed by atoms with van der Waals surface area (Å²) in [5.74, 6) is 0.266. The highest BCUT2D eigenvalue weighted by Gasteiger charge is 2.18. The molecule has 1 saturated heterocycles. The van der Waals surface area contributed by atoms with Gasteiger partial charge in [0.05, 0.1) is 0 Å². The van der Waals surface area contributed by atoms with Gasteiger partial charge in [-0.25, -0.2) is 4.39 Å². The van der Waals surface area contributed by atoms with Gasteiger partial charge in [0.2, 0.25) is 0 Å². The molecule has 0 amide bonds. The zero-order chi connectivity index (χ0) is 12.3. The van der Waals surface area contributed by atoms with E-state index in [1.807, 2.05) is 12.1 Å². The summed E-state index contributed by atoms with van der Waals surface area (Å²) in [4.78, 5) is 2.42. The minimum atomic E-state index is -0.166. The molecule has 0 saturated carbocycles. The maximum absolute atomic E-state index is 12.8. The van der Waals surface area contributed by atoms with Gasteiger partial charge in [0.15, 0.2) is 0 Å². The molecule has 2 rings (SSSR count). The first-order valence-corrected chi connectivity index (χ1v) is 6.38. The summed E-state index contributed by atoms with van der Waals surface area (Å²) in [6, 6.07) is 7.15. The minimum absolute atomic E-state index is 0.166. The molecule has 0 aliphatic carbocycles. The average Bonchev–Trinajstić information content (AvgIpc) is 2.29. The van der Waals surface area contributed by atoms with Gasteiger partial charge in [-0.05, 0) is 43.0 Å². The van der Waals surface area contributed by atoms with Crippen molar-refractivity contribution in [2.45, 2.75) is 31.7 Å². The Labute approximate surface area is 103 Å². The largest absolute Gasteiger partial charge is 0.327 e. The number of hydrogen-bond acceptors (Lipinski definition) is 2. The monoisotopic (exact) mass is 236 g/mol. The Morgan fingerprint density at radius 1 is 1.41 bits per heavy atom. The Bertz CT molecular complexity index is 350. The van der Waals surface area contributed by atoms with Gasteiger partial charge >= 0.3 is 0 Å². The molecule has 0 spiro atoms. The van der Waals surface area contributed by atoms with Crippen molar-refractivity contribution in [3.63, 3.8) is 0 Å². The van der Waals surface area contributed by atoms with Crippen molar-refractivity contribution in [2.24, 2.45) is 5.73 Å². The highest BCUT2D eigenvalue weighted by Crippen LogP contribution is 2.19. The highest BCUT2D eigenvalue weighted by atomic mass is 19.1. The molecule has 1 heterocycles. The maximum atomic E-state index is 12.8. The fraction of sp³-hybridized carbons (Fsp3) is 0.571. The molecule has 0 aromatic heterocycles. The lowest BCUT2D eigenvalue weighted by atomic mass is 9.98. The number of nitrogens with two attached hydrogens (primary N) is 1. The van der Waals surface area contributed by atoms with Crippen LogP contribution in [0.2, 0.25) is 0 Å².